The van der Waals surface area contributed by atoms with Crippen LogP contribution in [-0.4, -0.2) is 18.4 Å². The highest BCUT2D eigenvalue weighted by atomic mass is 35.5. The first-order valence-corrected chi connectivity index (χ1v) is 6.75. The summed E-state index contributed by atoms with van der Waals surface area (Å²) in [6, 6.07) is 18.0. The lowest BCUT2D eigenvalue weighted by atomic mass is 10.0. The molecule has 0 bridgehead atoms. The van der Waals surface area contributed by atoms with Gasteiger partial charge in [0.25, 0.3) is 0 Å². The van der Waals surface area contributed by atoms with Crippen molar-refractivity contribution in [3.05, 3.63) is 65.7 Å². The highest BCUT2D eigenvalue weighted by molar-refractivity contribution is 6.28. The van der Waals surface area contributed by atoms with E-state index in [4.69, 9.17) is 17.6 Å². The van der Waals surface area contributed by atoms with Crippen LogP contribution in [0.1, 0.15) is 11.1 Å². The molecule has 0 aliphatic carbocycles. The minimum absolute atomic E-state index is 0.237. The number of hydrogen-bond acceptors (Lipinski definition) is 4. The Balaban J connectivity index is 2.15. The Morgan fingerprint density at radius 1 is 1.10 bits per heavy atom. The van der Waals surface area contributed by atoms with Gasteiger partial charge in [-0.25, -0.2) is 5.43 Å². The van der Waals surface area contributed by atoms with Gasteiger partial charge >= 0.3 is 0 Å². The third-order valence-corrected chi connectivity index (χ3v) is 3.74. The zero-order chi connectivity index (χ0) is 13.9. The third-order valence-electron chi connectivity index (χ3n) is 3.32. The number of fused-ring (bicyclic) bond motifs is 1. The van der Waals surface area contributed by atoms with Crippen LogP contribution < -0.4 is 15.7 Å². The summed E-state index contributed by atoms with van der Waals surface area (Å²) in [5, 5.41) is 0. The van der Waals surface area contributed by atoms with E-state index in [0.717, 1.165) is 22.5 Å². The van der Waals surface area contributed by atoms with Gasteiger partial charge in [0.05, 0.1) is 17.9 Å². The molecule has 0 spiro atoms. The van der Waals surface area contributed by atoms with Crippen molar-refractivity contribution in [2.45, 2.75) is 6.17 Å². The third kappa shape index (κ3) is 2.29. The zero-order valence-corrected chi connectivity index (χ0v) is 11.6. The van der Waals surface area contributed by atoms with Gasteiger partial charge < -0.3 is 0 Å². The second-order valence-corrected chi connectivity index (χ2v) is 4.93. The Hall–Kier alpha value is -1.88. The van der Waals surface area contributed by atoms with E-state index in [0.29, 0.717) is 6.54 Å². The molecule has 1 aliphatic rings. The van der Waals surface area contributed by atoms with Crippen LogP contribution in [0.5, 0.6) is 0 Å². The maximum Gasteiger partial charge on any atom is 0.127 e. The van der Waals surface area contributed by atoms with Crippen molar-refractivity contribution in [2.24, 2.45) is 10.8 Å². The molecule has 2 aromatic carbocycles. The molecule has 0 saturated heterocycles. The van der Waals surface area contributed by atoms with Gasteiger partial charge in [-0.2, -0.15) is 0 Å². The Morgan fingerprint density at radius 2 is 1.80 bits per heavy atom. The average molecular weight is 287 g/mol. The fraction of sp³-hybridized carbons (Fsp3) is 0.133. The second-order valence-electron chi connectivity index (χ2n) is 4.57. The van der Waals surface area contributed by atoms with Crippen LogP contribution >= 0.6 is 11.8 Å². The molecule has 1 unspecified atom stereocenters. The lowest BCUT2D eigenvalue weighted by Gasteiger charge is -2.24. The first-order valence-electron chi connectivity index (χ1n) is 6.41. The van der Waals surface area contributed by atoms with Crippen molar-refractivity contribution in [3.8, 4) is 0 Å². The van der Waals surface area contributed by atoms with E-state index in [2.05, 4.69) is 10.4 Å². The van der Waals surface area contributed by atoms with Crippen LogP contribution in [-0.2, 0) is 0 Å². The van der Waals surface area contributed by atoms with Crippen LogP contribution in [0.2, 0.25) is 0 Å². The number of nitrogens with one attached hydrogen (secondary N) is 1. The lowest BCUT2D eigenvalue weighted by Crippen LogP contribution is -2.46. The quantitative estimate of drug-likeness (QED) is 0.506. The van der Waals surface area contributed by atoms with Crippen LogP contribution in [0, 0.1) is 0 Å². The van der Waals surface area contributed by atoms with Gasteiger partial charge in [0.2, 0.25) is 0 Å². The Kier molecular flexibility index (Phi) is 3.69. The molecule has 1 heterocycles. The summed E-state index contributed by atoms with van der Waals surface area (Å²) in [5.41, 5.74) is 6.61. The normalized spacial score (nSPS) is 18.2. The predicted molar refractivity (Wildman–Crippen MR) is 82.8 cm³/mol. The molecule has 102 valence electrons. The lowest BCUT2D eigenvalue weighted by molar-refractivity contribution is 0.563. The minimum Gasteiger partial charge on any atom is -0.280 e. The van der Waals surface area contributed by atoms with Gasteiger partial charge in [-0.1, -0.05) is 48.5 Å². The van der Waals surface area contributed by atoms with E-state index in [1.54, 1.807) is 4.42 Å². The van der Waals surface area contributed by atoms with E-state index in [-0.39, 0.29) is 6.17 Å². The summed E-state index contributed by atoms with van der Waals surface area (Å²) in [4.78, 5) is 4.69. The number of benzodiazepines with no additional fused rings is 1. The number of aliphatic imine (C=N–C) groups is 1. The number of hydrogen-bond donors (Lipinski definition) is 2. The van der Waals surface area contributed by atoms with Crippen molar-refractivity contribution in [1.82, 2.24) is 5.43 Å². The van der Waals surface area contributed by atoms with Crippen LogP contribution in [0.4, 0.5) is 5.69 Å². The van der Waals surface area contributed by atoms with Crippen LogP contribution in [0.15, 0.2) is 59.6 Å². The van der Waals surface area contributed by atoms with Gasteiger partial charge in [0.15, 0.2) is 0 Å². The number of halogens is 1. The Bertz CT molecular complexity index is 627. The number of benzene rings is 2. The van der Waals surface area contributed by atoms with Gasteiger partial charge in [-0.15, -0.1) is 0 Å². The Morgan fingerprint density at radius 3 is 2.55 bits per heavy atom. The summed E-state index contributed by atoms with van der Waals surface area (Å²) in [6.07, 6.45) is -0.237. The first kappa shape index (κ1) is 13.1. The van der Waals surface area contributed by atoms with Gasteiger partial charge in [-0.05, 0) is 6.07 Å². The van der Waals surface area contributed by atoms with Gasteiger partial charge in [-0.3, -0.25) is 15.3 Å². The summed E-state index contributed by atoms with van der Waals surface area (Å²) >= 11 is 6.39. The fourth-order valence-corrected chi connectivity index (χ4v) is 2.59. The summed E-state index contributed by atoms with van der Waals surface area (Å²) in [6.45, 7) is 0.485. The topological polar surface area (TPSA) is 53.6 Å². The fourth-order valence-electron chi connectivity index (χ4n) is 2.32. The van der Waals surface area contributed by atoms with Crippen molar-refractivity contribution in [3.63, 3.8) is 0 Å². The molecule has 0 fully saturated rings. The molecular formula is C15H15ClN4. The molecule has 0 amide bonds. The summed E-state index contributed by atoms with van der Waals surface area (Å²) < 4.78 is 1.61. The van der Waals surface area contributed by atoms with E-state index in [1.165, 1.54) is 0 Å². The Labute approximate surface area is 123 Å². The van der Waals surface area contributed by atoms with Crippen molar-refractivity contribution >= 4 is 23.2 Å². The molecule has 20 heavy (non-hydrogen) atoms. The predicted octanol–water partition coefficient (Wildman–Crippen LogP) is 2.29. The molecule has 3 rings (SSSR count). The van der Waals surface area contributed by atoms with Gasteiger partial charge in [0, 0.05) is 22.9 Å². The maximum absolute atomic E-state index is 6.39. The maximum atomic E-state index is 6.39. The minimum atomic E-state index is -0.237. The number of nitrogens with zero attached hydrogens (tertiary/aromatic N) is 2. The molecule has 3 N–H and O–H groups in total. The zero-order valence-electron chi connectivity index (χ0n) is 10.8. The molecule has 0 aromatic heterocycles. The monoisotopic (exact) mass is 286 g/mol. The molecule has 5 heteroatoms. The highest BCUT2D eigenvalue weighted by Gasteiger charge is 2.24. The van der Waals surface area contributed by atoms with E-state index in [1.807, 2.05) is 54.6 Å². The largest absolute Gasteiger partial charge is 0.280 e. The van der Waals surface area contributed by atoms with Crippen molar-refractivity contribution in [1.29, 1.82) is 0 Å². The number of para-hydroxylation sites is 1. The number of nitrogens with two attached hydrogens (primary N) is 1. The van der Waals surface area contributed by atoms with Crippen molar-refractivity contribution < 1.29 is 0 Å². The number of rotatable bonds is 2. The van der Waals surface area contributed by atoms with E-state index >= 15 is 0 Å². The van der Waals surface area contributed by atoms with E-state index in [9.17, 15) is 0 Å². The SMILES string of the molecule is NNC1CN=C(c2ccccc2)c2ccccc2N1Cl. The first-order chi connectivity index (χ1) is 9.81. The van der Waals surface area contributed by atoms with E-state index < -0.39 is 0 Å². The summed E-state index contributed by atoms with van der Waals surface area (Å²) in [5.74, 6) is 5.56. The van der Waals surface area contributed by atoms with Gasteiger partial charge in [0.1, 0.15) is 6.17 Å². The smallest absolute Gasteiger partial charge is 0.127 e. The standard InChI is InChI=1S/C15H15ClN4/c16-20-13-9-5-4-8-12(13)15(18-10-14(20)19-17)11-6-2-1-3-7-11/h1-9,14,19H,10,17H2. The van der Waals surface area contributed by atoms with Crippen molar-refractivity contribution in [2.75, 3.05) is 11.0 Å². The number of anilines is 1. The molecule has 4 nitrogen and oxygen atoms in total. The molecule has 0 saturated carbocycles. The summed E-state index contributed by atoms with van der Waals surface area (Å²) in [7, 11) is 0. The molecule has 0 radical (unpaired) electrons. The van der Waals surface area contributed by atoms with Crippen LogP contribution in [0.3, 0.4) is 0 Å². The molecule has 2 aromatic rings. The average Bonchev–Trinajstić information content (AvgIpc) is 2.65. The molecule has 1 aliphatic heterocycles. The molecule has 1 atom stereocenters. The van der Waals surface area contributed by atoms with Crippen LogP contribution in [0.25, 0.3) is 0 Å². The highest BCUT2D eigenvalue weighted by Crippen LogP contribution is 2.29. The molecular weight excluding hydrogens is 272 g/mol. The number of hydrazine groups is 1. The second kappa shape index (κ2) is 5.63.